The van der Waals surface area contributed by atoms with Crippen LogP contribution in [0.2, 0.25) is 0 Å². The van der Waals surface area contributed by atoms with Crippen LogP contribution in [0.3, 0.4) is 0 Å². The molecular weight excluding hydrogens is 158 g/mol. The summed E-state index contributed by atoms with van der Waals surface area (Å²) in [5.41, 5.74) is 2.85. The van der Waals surface area contributed by atoms with Crippen molar-refractivity contribution in [2.24, 2.45) is 0 Å². The Morgan fingerprint density at radius 2 is 2.08 bits per heavy atom. The molecule has 1 aliphatic rings. The third-order valence-electron chi connectivity index (χ3n) is 2.21. The first-order valence-electron chi connectivity index (χ1n) is 4.42. The van der Waals surface area contributed by atoms with Crippen LogP contribution in [0, 0.1) is 0 Å². The molecule has 1 N–H and O–H groups in total. The molecule has 0 atom stereocenters. The molecule has 2 rings (SSSR count). The van der Waals surface area contributed by atoms with Gasteiger partial charge in [-0.3, -0.25) is 0 Å². The lowest BCUT2D eigenvalue weighted by atomic mass is 10.2. The van der Waals surface area contributed by atoms with Crippen LogP contribution in [0.15, 0.2) is 36.4 Å². The molecule has 1 aromatic carbocycles. The zero-order chi connectivity index (χ0) is 8.23. The molecule has 0 saturated heterocycles. The summed E-state index contributed by atoms with van der Waals surface area (Å²) in [4.78, 5) is 0. The van der Waals surface area contributed by atoms with Crippen molar-refractivity contribution in [3.63, 3.8) is 0 Å². The standard InChI is InChI=1S/C11H13N/c1-2-4-10(5-3-1)11-6-8-12-9-7-11/h1-6,12H,7-9H2/i1+2,2+2,3+2,4+2,5+2,10+2. The Kier molecular flexibility index (Phi) is 2.23. The van der Waals surface area contributed by atoms with E-state index < -0.39 is 0 Å². The van der Waals surface area contributed by atoms with Crippen LogP contribution >= 0.6 is 0 Å². The van der Waals surface area contributed by atoms with E-state index in [0.29, 0.717) is 0 Å². The lowest BCUT2D eigenvalue weighted by Gasteiger charge is -2.13. The smallest absolute Gasteiger partial charge is 0.0140 e. The quantitative estimate of drug-likeness (QED) is 0.682. The first kappa shape index (κ1) is 7.56. The first-order valence-corrected chi connectivity index (χ1v) is 4.42. The van der Waals surface area contributed by atoms with Gasteiger partial charge in [-0.15, -0.1) is 0 Å². The molecular formula is C11H13N. The third kappa shape index (κ3) is 1.56. The minimum Gasteiger partial charge on any atom is -0.313 e. The van der Waals surface area contributed by atoms with Gasteiger partial charge >= 0.3 is 0 Å². The summed E-state index contributed by atoms with van der Waals surface area (Å²) in [5.74, 6) is 0. The summed E-state index contributed by atoms with van der Waals surface area (Å²) in [6.07, 6.45) is 3.43. The average Bonchev–Trinajstić information content (AvgIpc) is 2.21. The van der Waals surface area contributed by atoms with Crippen LogP contribution in [-0.4, -0.2) is 13.1 Å². The van der Waals surface area contributed by atoms with E-state index in [2.05, 4.69) is 41.7 Å². The van der Waals surface area contributed by atoms with E-state index in [4.69, 9.17) is 0 Å². The molecule has 1 heteroatoms. The minimum absolute atomic E-state index is 1.02. The fraction of sp³-hybridized carbons (Fsp3) is 0.273. The topological polar surface area (TPSA) is 12.0 Å². The maximum atomic E-state index is 3.31. The number of benzene rings is 1. The molecule has 1 heterocycles. The molecule has 62 valence electrons. The highest BCUT2D eigenvalue weighted by atomic mass is 15.7. The number of rotatable bonds is 1. The van der Waals surface area contributed by atoms with Gasteiger partial charge in [0.15, 0.2) is 0 Å². The molecule has 0 aliphatic carbocycles. The van der Waals surface area contributed by atoms with Crippen molar-refractivity contribution < 1.29 is 0 Å². The van der Waals surface area contributed by atoms with E-state index in [-0.39, 0.29) is 0 Å². The van der Waals surface area contributed by atoms with Crippen molar-refractivity contribution in [2.45, 2.75) is 6.42 Å². The van der Waals surface area contributed by atoms with E-state index in [0.717, 1.165) is 19.5 Å². The van der Waals surface area contributed by atoms with Gasteiger partial charge in [0.05, 0.1) is 0 Å². The molecule has 0 bridgehead atoms. The van der Waals surface area contributed by atoms with Crippen LogP contribution in [0.1, 0.15) is 12.0 Å². The van der Waals surface area contributed by atoms with Crippen molar-refractivity contribution in [3.05, 3.63) is 42.0 Å². The molecule has 0 saturated carbocycles. The average molecular weight is 171 g/mol. The van der Waals surface area contributed by atoms with Crippen molar-refractivity contribution in [2.75, 3.05) is 13.1 Å². The maximum Gasteiger partial charge on any atom is 0.0140 e. The Bertz CT molecular complexity index is 274. The second kappa shape index (κ2) is 3.55. The highest BCUT2D eigenvalue weighted by Crippen LogP contribution is 2.18. The molecule has 0 radical (unpaired) electrons. The van der Waals surface area contributed by atoms with Crippen LogP contribution in [0.25, 0.3) is 5.57 Å². The summed E-state index contributed by atoms with van der Waals surface area (Å²) >= 11 is 0. The second-order valence-corrected chi connectivity index (χ2v) is 3.05. The van der Waals surface area contributed by atoms with Crippen molar-refractivity contribution in [3.8, 4) is 0 Å². The van der Waals surface area contributed by atoms with Gasteiger partial charge in [-0.25, -0.2) is 0 Å². The van der Waals surface area contributed by atoms with Crippen LogP contribution < -0.4 is 5.32 Å². The zero-order valence-electron chi connectivity index (χ0n) is 7.09. The van der Waals surface area contributed by atoms with Gasteiger partial charge in [0, 0.05) is 6.54 Å². The number of hydrogen-bond donors (Lipinski definition) is 1. The minimum atomic E-state index is 1.02. The van der Waals surface area contributed by atoms with Crippen LogP contribution in [0.4, 0.5) is 0 Å². The molecule has 0 amide bonds. The van der Waals surface area contributed by atoms with Crippen LogP contribution in [-0.2, 0) is 0 Å². The van der Waals surface area contributed by atoms with Gasteiger partial charge in [0.1, 0.15) is 0 Å². The molecule has 0 aromatic heterocycles. The Labute approximate surface area is 73.1 Å². The van der Waals surface area contributed by atoms with Gasteiger partial charge in [0.25, 0.3) is 0 Å². The summed E-state index contributed by atoms with van der Waals surface area (Å²) < 4.78 is 0. The number of nitrogens with one attached hydrogen (secondary N) is 1. The predicted octanol–water partition coefficient (Wildman–Crippen LogP) is 2.06. The molecule has 1 aromatic rings. The summed E-state index contributed by atoms with van der Waals surface area (Å²) in [7, 11) is 0. The van der Waals surface area contributed by atoms with Gasteiger partial charge in [-0.05, 0) is 24.1 Å². The Morgan fingerprint density at radius 3 is 2.75 bits per heavy atom. The van der Waals surface area contributed by atoms with E-state index >= 15 is 0 Å². The van der Waals surface area contributed by atoms with Gasteiger partial charge < -0.3 is 5.32 Å². The normalized spacial score (nSPS) is 17.2. The largest absolute Gasteiger partial charge is 0.313 e. The highest BCUT2D eigenvalue weighted by molar-refractivity contribution is 5.66. The molecule has 1 nitrogen and oxygen atoms in total. The molecule has 0 unspecified atom stereocenters. The Hall–Kier alpha value is -1.08. The van der Waals surface area contributed by atoms with Crippen molar-refractivity contribution in [1.82, 2.24) is 5.32 Å². The second-order valence-electron chi connectivity index (χ2n) is 3.05. The molecule has 0 fully saturated rings. The van der Waals surface area contributed by atoms with Crippen molar-refractivity contribution in [1.29, 1.82) is 0 Å². The lowest BCUT2D eigenvalue weighted by molar-refractivity contribution is 0.738. The van der Waals surface area contributed by atoms with Gasteiger partial charge in [-0.2, -0.15) is 0 Å². The monoisotopic (exact) mass is 171 g/mol. The van der Waals surface area contributed by atoms with Crippen molar-refractivity contribution >= 4 is 5.57 Å². The molecule has 0 spiro atoms. The highest BCUT2D eigenvalue weighted by Gasteiger charge is 2.03. The van der Waals surface area contributed by atoms with E-state index in [1.807, 2.05) is 0 Å². The maximum absolute atomic E-state index is 3.31. The summed E-state index contributed by atoms with van der Waals surface area (Å²) in [6, 6.07) is 10.6. The summed E-state index contributed by atoms with van der Waals surface area (Å²) in [5, 5.41) is 3.31. The zero-order valence-corrected chi connectivity index (χ0v) is 7.09. The Morgan fingerprint density at radius 1 is 1.25 bits per heavy atom. The summed E-state index contributed by atoms with van der Waals surface area (Å²) in [6.45, 7) is 2.13. The first-order chi connectivity index (χ1) is 5.97. The number of hydrogen-bond acceptors (Lipinski definition) is 1. The van der Waals surface area contributed by atoms with Gasteiger partial charge in [-0.1, -0.05) is 36.4 Å². The van der Waals surface area contributed by atoms with Gasteiger partial charge in [0.2, 0.25) is 0 Å². The Balaban J connectivity index is 2.24. The van der Waals surface area contributed by atoms with E-state index in [1.165, 1.54) is 11.1 Å². The fourth-order valence-electron chi connectivity index (χ4n) is 1.54. The van der Waals surface area contributed by atoms with E-state index in [9.17, 15) is 0 Å². The SMILES string of the molecule is C1=C([14c]2[14cH][14cH][14cH][14cH][14cH]2)CCNC1. The van der Waals surface area contributed by atoms with Crippen LogP contribution in [0.5, 0.6) is 0 Å². The lowest BCUT2D eigenvalue weighted by Crippen LogP contribution is -2.19. The fourth-order valence-corrected chi connectivity index (χ4v) is 1.54. The predicted molar refractivity (Wildman–Crippen MR) is 51.9 cm³/mol. The molecule has 12 heavy (non-hydrogen) atoms. The van der Waals surface area contributed by atoms with E-state index in [1.54, 1.807) is 0 Å². The molecule has 1 aliphatic heterocycles. The third-order valence-corrected chi connectivity index (χ3v) is 2.21.